The summed E-state index contributed by atoms with van der Waals surface area (Å²) in [4.78, 5) is 14.7. The molecule has 6 heteroatoms. The Morgan fingerprint density at radius 3 is 2.93 bits per heavy atom. The molecule has 1 aliphatic rings. The minimum absolute atomic E-state index is 0.336. The zero-order valence-corrected chi connectivity index (χ0v) is 7.56. The highest BCUT2D eigenvalue weighted by atomic mass is 16.5. The van der Waals surface area contributed by atoms with Gasteiger partial charge in [-0.2, -0.15) is 4.98 Å². The van der Waals surface area contributed by atoms with Gasteiger partial charge in [-0.15, -0.1) is 0 Å². The van der Waals surface area contributed by atoms with Gasteiger partial charge in [0, 0.05) is 0 Å². The van der Waals surface area contributed by atoms with E-state index >= 15 is 0 Å². The van der Waals surface area contributed by atoms with Crippen molar-refractivity contribution in [1.29, 1.82) is 0 Å². The van der Waals surface area contributed by atoms with Crippen LogP contribution in [0, 0.1) is 0 Å². The van der Waals surface area contributed by atoms with Crippen LogP contribution in [0.1, 0.15) is 25.1 Å². The molecule has 1 heterocycles. The van der Waals surface area contributed by atoms with Crippen molar-refractivity contribution in [2.24, 2.45) is 0 Å². The number of nitrogens with zero attached hydrogens (tertiary/aromatic N) is 2. The Hall–Kier alpha value is -1.43. The average Bonchev–Trinajstić information content (AvgIpc) is 2.53. The Morgan fingerprint density at radius 1 is 1.71 bits per heavy atom. The van der Waals surface area contributed by atoms with E-state index in [1.54, 1.807) is 0 Å². The van der Waals surface area contributed by atoms with Gasteiger partial charge < -0.3 is 9.63 Å². The van der Waals surface area contributed by atoms with Crippen LogP contribution in [0.4, 0.5) is 0 Å². The second-order valence-electron chi connectivity index (χ2n) is 3.44. The molecule has 1 fully saturated rings. The maximum Gasteiger partial charge on any atom is 0.323 e. The van der Waals surface area contributed by atoms with E-state index in [1.807, 2.05) is 0 Å². The van der Waals surface area contributed by atoms with Crippen LogP contribution < -0.4 is 5.32 Å². The number of aromatic nitrogens is 2. The monoisotopic (exact) mass is 197 g/mol. The highest BCUT2D eigenvalue weighted by Crippen LogP contribution is 2.32. The van der Waals surface area contributed by atoms with Crippen LogP contribution in [0.15, 0.2) is 10.9 Å². The van der Waals surface area contributed by atoms with Gasteiger partial charge in [-0.3, -0.25) is 10.1 Å². The Kier molecular flexibility index (Phi) is 2.20. The van der Waals surface area contributed by atoms with Crippen LogP contribution >= 0.6 is 0 Å². The number of carbonyl (C=O) groups is 1. The fourth-order valence-corrected chi connectivity index (χ4v) is 1.52. The molecule has 1 aromatic heterocycles. The third kappa shape index (κ3) is 1.48. The molecular weight excluding hydrogens is 186 g/mol. The van der Waals surface area contributed by atoms with Gasteiger partial charge >= 0.3 is 5.97 Å². The predicted octanol–water partition coefficient (Wildman–Crippen LogP) is 0.166. The quantitative estimate of drug-likeness (QED) is 0.715. The minimum atomic E-state index is -0.799. The smallest absolute Gasteiger partial charge is 0.323 e. The summed E-state index contributed by atoms with van der Waals surface area (Å²) in [5.41, 5.74) is -0.763. The molecule has 0 atom stereocenters. The first-order valence-electron chi connectivity index (χ1n) is 4.47. The van der Waals surface area contributed by atoms with Gasteiger partial charge in [0.1, 0.15) is 5.54 Å². The summed E-state index contributed by atoms with van der Waals surface area (Å²) >= 11 is 0. The molecule has 2 N–H and O–H groups in total. The lowest BCUT2D eigenvalue weighted by Crippen LogP contribution is -2.56. The number of hydrogen-bond acceptors (Lipinski definition) is 5. The molecule has 0 bridgehead atoms. The van der Waals surface area contributed by atoms with E-state index in [4.69, 9.17) is 5.11 Å². The van der Waals surface area contributed by atoms with Crippen molar-refractivity contribution in [2.45, 2.75) is 31.3 Å². The standard InChI is InChI=1S/C8H11N3O3/c12-7(13)8(2-1-3-8)10-4-6-9-5-14-11-6/h5,10H,1-4H2,(H,12,13). The van der Waals surface area contributed by atoms with Crippen molar-refractivity contribution in [1.82, 2.24) is 15.5 Å². The van der Waals surface area contributed by atoms with Crippen molar-refractivity contribution >= 4 is 5.97 Å². The van der Waals surface area contributed by atoms with Crippen LogP contribution in [0.3, 0.4) is 0 Å². The summed E-state index contributed by atoms with van der Waals surface area (Å²) in [5, 5.41) is 15.5. The molecule has 6 nitrogen and oxygen atoms in total. The molecule has 1 aliphatic carbocycles. The van der Waals surface area contributed by atoms with E-state index in [9.17, 15) is 4.79 Å². The molecule has 0 aliphatic heterocycles. The van der Waals surface area contributed by atoms with E-state index < -0.39 is 11.5 Å². The molecule has 0 radical (unpaired) electrons. The molecule has 1 aromatic rings. The third-order valence-corrected chi connectivity index (χ3v) is 2.61. The molecule has 0 aromatic carbocycles. The lowest BCUT2D eigenvalue weighted by Gasteiger charge is -2.38. The van der Waals surface area contributed by atoms with Gasteiger partial charge in [0.05, 0.1) is 6.54 Å². The lowest BCUT2D eigenvalue weighted by molar-refractivity contribution is -0.148. The molecule has 0 saturated heterocycles. The van der Waals surface area contributed by atoms with Crippen molar-refractivity contribution in [3.8, 4) is 0 Å². The lowest BCUT2D eigenvalue weighted by atomic mass is 9.77. The van der Waals surface area contributed by atoms with Crippen molar-refractivity contribution in [3.05, 3.63) is 12.2 Å². The van der Waals surface area contributed by atoms with Gasteiger partial charge in [-0.1, -0.05) is 5.16 Å². The summed E-state index contributed by atoms with van der Waals surface area (Å²) in [7, 11) is 0. The average molecular weight is 197 g/mol. The number of hydrogen-bond donors (Lipinski definition) is 2. The van der Waals surface area contributed by atoms with Crippen LogP contribution in [0.2, 0.25) is 0 Å². The minimum Gasteiger partial charge on any atom is -0.480 e. The van der Waals surface area contributed by atoms with Gasteiger partial charge in [0.2, 0.25) is 6.39 Å². The highest BCUT2D eigenvalue weighted by molar-refractivity contribution is 5.79. The summed E-state index contributed by atoms with van der Waals surface area (Å²) in [6.07, 6.45) is 3.51. The molecule has 76 valence electrons. The number of carboxylic acid groups (broad SMARTS) is 1. The largest absolute Gasteiger partial charge is 0.480 e. The van der Waals surface area contributed by atoms with Crippen LogP contribution in [0.25, 0.3) is 0 Å². The van der Waals surface area contributed by atoms with E-state index in [0.29, 0.717) is 25.2 Å². The SMILES string of the molecule is O=C(O)C1(NCc2ncon2)CCC1. The molecule has 14 heavy (non-hydrogen) atoms. The Labute approximate surface area is 80.3 Å². The number of carboxylic acids is 1. The Morgan fingerprint density at radius 2 is 2.50 bits per heavy atom. The Bertz CT molecular complexity index is 319. The molecule has 2 rings (SSSR count). The second kappa shape index (κ2) is 3.38. The van der Waals surface area contributed by atoms with E-state index in [-0.39, 0.29) is 0 Å². The van der Waals surface area contributed by atoms with Crippen LogP contribution in [-0.4, -0.2) is 26.8 Å². The summed E-state index contributed by atoms with van der Waals surface area (Å²) in [5.74, 6) is -0.315. The number of aliphatic carboxylic acids is 1. The zero-order valence-electron chi connectivity index (χ0n) is 7.56. The van der Waals surface area contributed by atoms with Gasteiger partial charge in [-0.25, -0.2) is 0 Å². The van der Waals surface area contributed by atoms with Crippen LogP contribution in [-0.2, 0) is 11.3 Å². The number of rotatable bonds is 4. The summed E-state index contributed by atoms with van der Waals surface area (Å²) in [6, 6.07) is 0. The number of nitrogens with one attached hydrogen (secondary N) is 1. The fourth-order valence-electron chi connectivity index (χ4n) is 1.52. The fraction of sp³-hybridized carbons (Fsp3) is 0.625. The normalized spacial score (nSPS) is 18.9. The first kappa shape index (κ1) is 9.14. The van der Waals surface area contributed by atoms with Gasteiger partial charge in [0.25, 0.3) is 0 Å². The van der Waals surface area contributed by atoms with Gasteiger partial charge in [0.15, 0.2) is 5.82 Å². The third-order valence-electron chi connectivity index (χ3n) is 2.61. The molecule has 0 amide bonds. The molecule has 0 spiro atoms. The van der Waals surface area contributed by atoms with Crippen molar-refractivity contribution in [3.63, 3.8) is 0 Å². The second-order valence-corrected chi connectivity index (χ2v) is 3.44. The maximum absolute atomic E-state index is 10.9. The molecular formula is C8H11N3O3. The topological polar surface area (TPSA) is 88.2 Å². The van der Waals surface area contributed by atoms with Crippen molar-refractivity contribution < 1.29 is 14.4 Å². The zero-order chi connectivity index (χ0) is 10.0. The predicted molar refractivity (Wildman–Crippen MR) is 45.4 cm³/mol. The van der Waals surface area contributed by atoms with E-state index in [2.05, 4.69) is 20.0 Å². The Balaban J connectivity index is 1.93. The first-order chi connectivity index (χ1) is 6.73. The molecule has 1 saturated carbocycles. The van der Waals surface area contributed by atoms with Crippen molar-refractivity contribution in [2.75, 3.05) is 0 Å². The summed E-state index contributed by atoms with van der Waals surface area (Å²) in [6.45, 7) is 0.336. The molecule has 0 unspecified atom stereocenters. The first-order valence-corrected chi connectivity index (χ1v) is 4.47. The van der Waals surface area contributed by atoms with Gasteiger partial charge in [-0.05, 0) is 19.3 Å². The van der Waals surface area contributed by atoms with Crippen LogP contribution in [0.5, 0.6) is 0 Å². The summed E-state index contributed by atoms with van der Waals surface area (Å²) < 4.78 is 4.54. The van der Waals surface area contributed by atoms with E-state index in [0.717, 1.165) is 6.42 Å². The van der Waals surface area contributed by atoms with E-state index in [1.165, 1.54) is 6.39 Å². The maximum atomic E-state index is 10.9. The highest BCUT2D eigenvalue weighted by Gasteiger charge is 2.43.